The van der Waals surface area contributed by atoms with Crippen LogP contribution in [-0.2, 0) is 27.8 Å². The highest BCUT2D eigenvalue weighted by Gasteiger charge is 2.25. The molecule has 1 aliphatic heterocycles. The third kappa shape index (κ3) is 7.40. The number of carbonyl (C=O) groups excluding carboxylic acids is 2. The number of urea groups is 1. The molecule has 4 N–H and O–H groups in total. The molecule has 40 heavy (non-hydrogen) atoms. The Morgan fingerprint density at radius 1 is 0.950 bits per heavy atom. The lowest BCUT2D eigenvalue weighted by Gasteiger charge is -2.22. The Morgan fingerprint density at radius 2 is 1.65 bits per heavy atom. The monoisotopic (exact) mass is 570 g/mol. The molecule has 3 aromatic carbocycles. The van der Waals surface area contributed by atoms with Gasteiger partial charge in [0.15, 0.2) is 11.5 Å². The van der Waals surface area contributed by atoms with E-state index < -0.39 is 22.0 Å². The minimum atomic E-state index is -3.99. The first-order chi connectivity index (χ1) is 19.3. The second kappa shape index (κ2) is 13.2. The number of rotatable bonds is 12. The summed E-state index contributed by atoms with van der Waals surface area (Å²) >= 11 is 0. The van der Waals surface area contributed by atoms with Crippen molar-refractivity contribution in [2.45, 2.75) is 24.3 Å². The molecule has 0 fully saturated rings. The third-order valence-corrected chi connectivity index (χ3v) is 8.07. The number of hydroxylamine groups is 1. The van der Waals surface area contributed by atoms with E-state index in [-0.39, 0.29) is 37.7 Å². The van der Waals surface area contributed by atoms with Gasteiger partial charge in [0.1, 0.15) is 5.75 Å². The highest BCUT2D eigenvalue weighted by Crippen LogP contribution is 2.32. The first-order valence-electron chi connectivity index (χ1n) is 12.4. The van der Waals surface area contributed by atoms with Gasteiger partial charge in [0.05, 0.1) is 12.0 Å². The zero-order chi connectivity index (χ0) is 28.5. The largest absolute Gasteiger partial charge is 0.497 e. The number of methoxy groups -OCH3 is 1. The maximum absolute atomic E-state index is 13.4. The molecular formula is C27H30N4O8S. The molecule has 13 heteroatoms. The van der Waals surface area contributed by atoms with Gasteiger partial charge in [0, 0.05) is 31.7 Å². The number of hydrogen-bond donors (Lipinski definition) is 4. The average molecular weight is 571 g/mol. The maximum Gasteiger partial charge on any atom is 0.319 e. The van der Waals surface area contributed by atoms with Gasteiger partial charge in [-0.1, -0.05) is 18.2 Å². The quantitative estimate of drug-likeness (QED) is 0.191. The van der Waals surface area contributed by atoms with E-state index in [0.29, 0.717) is 29.4 Å². The van der Waals surface area contributed by atoms with Crippen molar-refractivity contribution >= 4 is 27.6 Å². The number of fused-ring (bicyclic) bond motifs is 1. The lowest BCUT2D eigenvalue weighted by Crippen LogP contribution is -2.36. The number of benzene rings is 3. The number of anilines is 1. The van der Waals surface area contributed by atoms with Crippen LogP contribution in [0, 0.1) is 0 Å². The summed E-state index contributed by atoms with van der Waals surface area (Å²) in [6.45, 7) is 0.388. The van der Waals surface area contributed by atoms with Crippen LogP contribution in [0.25, 0.3) is 0 Å². The molecule has 3 amide bonds. The van der Waals surface area contributed by atoms with E-state index >= 15 is 0 Å². The van der Waals surface area contributed by atoms with Gasteiger partial charge in [-0.25, -0.2) is 18.7 Å². The molecule has 212 valence electrons. The SMILES string of the molecule is COc1ccc(CCN(CCC(=O)NO)S(=O)(=O)c2ccc(NC(=O)NCc3ccc4c(c3)OCO4)cc2)cc1. The molecule has 0 atom stereocenters. The molecule has 0 saturated heterocycles. The molecule has 0 bridgehead atoms. The number of amides is 3. The van der Waals surface area contributed by atoms with Gasteiger partial charge in [-0.15, -0.1) is 0 Å². The standard InChI is InChI=1S/C27H30N4O8S/c1-37-22-7-2-19(3-8-22)12-14-31(15-13-26(32)30-34)40(35,36)23-9-5-21(6-10-23)29-27(33)28-17-20-4-11-24-25(16-20)39-18-38-24/h2-11,16,34H,12-15,17-18H2,1H3,(H,30,32)(H2,28,29,33). The Morgan fingerprint density at radius 3 is 2.35 bits per heavy atom. The smallest absolute Gasteiger partial charge is 0.319 e. The second-order valence-corrected chi connectivity index (χ2v) is 10.7. The fourth-order valence-corrected chi connectivity index (χ4v) is 5.39. The van der Waals surface area contributed by atoms with Gasteiger partial charge in [-0.2, -0.15) is 4.31 Å². The van der Waals surface area contributed by atoms with Crippen LogP contribution in [0.5, 0.6) is 17.2 Å². The predicted octanol–water partition coefficient (Wildman–Crippen LogP) is 2.87. The molecule has 3 aromatic rings. The Balaban J connectivity index is 1.37. The summed E-state index contributed by atoms with van der Waals surface area (Å²) in [6.07, 6.45) is 0.175. The fraction of sp³-hybridized carbons (Fsp3) is 0.259. The lowest BCUT2D eigenvalue weighted by atomic mass is 10.1. The van der Waals surface area contributed by atoms with Crippen molar-refractivity contribution in [2.75, 3.05) is 32.3 Å². The van der Waals surface area contributed by atoms with Crippen molar-refractivity contribution in [1.29, 1.82) is 0 Å². The van der Waals surface area contributed by atoms with Crippen LogP contribution in [0.2, 0.25) is 0 Å². The molecule has 0 spiro atoms. The molecule has 0 aliphatic carbocycles. The number of ether oxygens (including phenoxy) is 3. The number of nitrogens with one attached hydrogen (secondary N) is 3. The Hall–Kier alpha value is -4.33. The summed E-state index contributed by atoms with van der Waals surface area (Å²) in [5, 5.41) is 14.2. The third-order valence-electron chi connectivity index (χ3n) is 6.16. The van der Waals surface area contributed by atoms with E-state index in [1.54, 1.807) is 31.4 Å². The van der Waals surface area contributed by atoms with Crippen molar-refractivity contribution in [3.63, 3.8) is 0 Å². The number of carbonyl (C=O) groups is 2. The van der Waals surface area contributed by atoms with Crippen LogP contribution in [0.15, 0.2) is 71.6 Å². The molecular weight excluding hydrogens is 540 g/mol. The van der Waals surface area contributed by atoms with Crippen molar-refractivity contribution in [3.8, 4) is 17.2 Å². The van der Waals surface area contributed by atoms with Crippen LogP contribution in [0.1, 0.15) is 17.5 Å². The van der Waals surface area contributed by atoms with Crippen LogP contribution in [-0.4, -0.2) is 56.9 Å². The summed E-state index contributed by atoms with van der Waals surface area (Å²) in [6, 6.07) is 17.9. The van der Waals surface area contributed by atoms with E-state index in [1.165, 1.54) is 34.1 Å². The molecule has 0 radical (unpaired) electrons. The highest BCUT2D eigenvalue weighted by atomic mass is 32.2. The first-order valence-corrected chi connectivity index (χ1v) is 13.8. The zero-order valence-corrected chi connectivity index (χ0v) is 22.6. The topological polar surface area (TPSA) is 156 Å². The lowest BCUT2D eigenvalue weighted by molar-refractivity contribution is -0.129. The first kappa shape index (κ1) is 28.7. The summed E-state index contributed by atoms with van der Waals surface area (Å²) in [7, 11) is -2.43. The summed E-state index contributed by atoms with van der Waals surface area (Å²) < 4.78 is 43.8. The van der Waals surface area contributed by atoms with Gasteiger partial charge in [-0.3, -0.25) is 10.0 Å². The van der Waals surface area contributed by atoms with Gasteiger partial charge >= 0.3 is 6.03 Å². The summed E-state index contributed by atoms with van der Waals surface area (Å²) in [4.78, 5) is 24.0. The Labute approximate surface area is 231 Å². The zero-order valence-electron chi connectivity index (χ0n) is 21.8. The second-order valence-electron chi connectivity index (χ2n) is 8.81. The predicted molar refractivity (Wildman–Crippen MR) is 145 cm³/mol. The van der Waals surface area contributed by atoms with Crippen LogP contribution < -0.4 is 30.3 Å². The number of nitrogens with zero attached hydrogens (tertiary/aromatic N) is 1. The van der Waals surface area contributed by atoms with E-state index in [1.807, 2.05) is 18.2 Å². The molecule has 1 aliphatic rings. The van der Waals surface area contributed by atoms with E-state index in [9.17, 15) is 18.0 Å². The van der Waals surface area contributed by atoms with Gasteiger partial charge in [-0.05, 0) is 66.1 Å². The average Bonchev–Trinajstić information content (AvgIpc) is 3.44. The van der Waals surface area contributed by atoms with Gasteiger partial charge in [0.25, 0.3) is 0 Å². The highest BCUT2D eigenvalue weighted by molar-refractivity contribution is 7.89. The van der Waals surface area contributed by atoms with Gasteiger partial charge < -0.3 is 24.8 Å². The van der Waals surface area contributed by atoms with E-state index in [4.69, 9.17) is 19.4 Å². The van der Waals surface area contributed by atoms with E-state index in [0.717, 1.165) is 11.1 Å². The molecule has 0 unspecified atom stereocenters. The van der Waals surface area contributed by atoms with Gasteiger partial charge in [0.2, 0.25) is 22.7 Å². The maximum atomic E-state index is 13.4. The Bertz CT molecular complexity index is 1430. The molecule has 4 rings (SSSR count). The van der Waals surface area contributed by atoms with Crippen molar-refractivity contribution < 1.29 is 37.4 Å². The Kier molecular flexibility index (Phi) is 9.43. The van der Waals surface area contributed by atoms with Crippen LogP contribution in [0.3, 0.4) is 0 Å². The normalized spacial score (nSPS) is 12.2. The molecule has 0 saturated carbocycles. The number of sulfonamides is 1. The summed E-state index contributed by atoms with van der Waals surface area (Å²) in [5.74, 6) is 1.25. The van der Waals surface area contributed by atoms with Crippen molar-refractivity contribution in [1.82, 2.24) is 15.1 Å². The van der Waals surface area contributed by atoms with Crippen LogP contribution >= 0.6 is 0 Å². The minimum absolute atomic E-state index is 0.00189. The molecule has 12 nitrogen and oxygen atoms in total. The van der Waals surface area contributed by atoms with Crippen molar-refractivity contribution in [2.24, 2.45) is 0 Å². The van der Waals surface area contributed by atoms with E-state index in [2.05, 4.69) is 10.6 Å². The molecule has 0 aromatic heterocycles. The van der Waals surface area contributed by atoms with Crippen molar-refractivity contribution in [3.05, 3.63) is 77.9 Å². The van der Waals surface area contributed by atoms with Crippen LogP contribution in [0.4, 0.5) is 10.5 Å². The fourth-order valence-electron chi connectivity index (χ4n) is 3.95. The summed E-state index contributed by atoms with van der Waals surface area (Å²) in [5.41, 5.74) is 3.63. The number of hydrogen-bond acceptors (Lipinski definition) is 8. The minimum Gasteiger partial charge on any atom is -0.497 e. The molecule has 1 heterocycles.